The highest BCUT2D eigenvalue weighted by molar-refractivity contribution is 7.91. The van der Waals surface area contributed by atoms with Crippen LogP contribution >= 0.6 is 0 Å². The van der Waals surface area contributed by atoms with Gasteiger partial charge in [-0.05, 0) is 30.9 Å². The monoisotopic (exact) mass is 266 g/mol. The van der Waals surface area contributed by atoms with E-state index in [1.807, 2.05) is 0 Å². The average molecular weight is 266 g/mol. The van der Waals surface area contributed by atoms with E-state index in [0.29, 0.717) is 16.8 Å². The molecule has 5 nitrogen and oxygen atoms in total. The molecule has 1 aromatic carbocycles. The van der Waals surface area contributed by atoms with E-state index in [2.05, 4.69) is 4.98 Å². The van der Waals surface area contributed by atoms with Gasteiger partial charge in [-0.1, -0.05) is 6.42 Å². The van der Waals surface area contributed by atoms with Crippen molar-refractivity contribution in [3.8, 4) is 0 Å². The van der Waals surface area contributed by atoms with Gasteiger partial charge in [0, 0.05) is 11.8 Å². The molecule has 1 aliphatic rings. The average Bonchev–Trinajstić information content (AvgIpc) is 2.67. The van der Waals surface area contributed by atoms with E-state index in [-0.39, 0.29) is 16.9 Å². The Morgan fingerprint density at radius 3 is 2.83 bits per heavy atom. The lowest BCUT2D eigenvalue weighted by Crippen LogP contribution is -2.22. The predicted molar refractivity (Wildman–Crippen MR) is 67.8 cm³/mol. The van der Waals surface area contributed by atoms with E-state index in [1.54, 1.807) is 18.2 Å². The Kier molecular flexibility index (Phi) is 2.55. The smallest absolute Gasteiger partial charge is 0.316 e. The van der Waals surface area contributed by atoms with Crippen molar-refractivity contribution in [2.75, 3.05) is 11.5 Å². The number of anilines is 1. The molecule has 1 fully saturated rings. The number of benzene rings is 1. The number of oxazole rings is 1. The number of aromatic nitrogens is 1. The third-order valence-electron chi connectivity index (χ3n) is 3.34. The minimum absolute atomic E-state index is 0.134. The second-order valence-electron chi connectivity index (χ2n) is 4.79. The van der Waals surface area contributed by atoms with Gasteiger partial charge in [0.1, 0.15) is 5.52 Å². The van der Waals surface area contributed by atoms with E-state index in [0.717, 1.165) is 19.3 Å². The normalized spacial score (nSPS) is 16.9. The Morgan fingerprint density at radius 2 is 2.17 bits per heavy atom. The van der Waals surface area contributed by atoms with Gasteiger partial charge in [-0.15, -0.1) is 0 Å². The molecule has 18 heavy (non-hydrogen) atoms. The third-order valence-corrected chi connectivity index (χ3v) is 4.96. The van der Waals surface area contributed by atoms with Crippen molar-refractivity contribution in [2.45, 2.75) is 24.5 Å². The molecule has 1 heterocycles. The van der Waals surface area contributed by atoms with Crippen LogP contribution in [0.3, 0.4) is 0 Å². The minimum Gasteiger partial charge on any atom is -0.428 e. The van der Waals surface area contributed by atoms with Gasteiger partial charge in [0.05, 0.1) is 5.75 Å². The zero-order valence-electron chi connectivity index (χ0n) is 9.80. The van der Waals surface area contributed by atoms with Crippen LogP contribution in [-0.4, -0.2) is 19.2 Å². The van der Waals surface area contributed by atoms with Crippen molar-refractivity contribution in [3.05, 3.63) is 18.2 Å². The number of fused-ring (bicyclic) bond motifs is 1. The highest BCUT2D eigenvalue weighted by atomic mass is 32.2. The van der Waals surface area contributed by atoms with E-state index in [9.17, 15) is 8.42 Å². The Hall–Kier alpha value is -1.56. The van der Waals surface area contributed by atoms with Crippen molar-refractivity contribution in [1.82, 2.24) is 4.98 Å². The Labute approximate surface area is 105 Å². The first kappa shape index (κ1) is 11.5. The van der Waals surface area contributed by atoms with Crippen LogP contribution in [0.5, 0.6) is 0 Å². The van der Waals surface area contributed by atoms with E-state index < -0.39 is 9.84 Å². The second-order valence-corrected chi connectivity index (χ2v) is 6.70. The maximum absolute atomic E-state index is 12.1. The first-order valence-electron chi connectivity index (χ1n) is 5.93. The van der Waals surface area contributed by atoms with E-state index >= 15 is 0 Å². The van der Waals surface area contributed by atoms with Gasteiger partial charge < -0.3 is 10.2 Å². The number of hydrogen-bond acceptors (Lipinski definition) is 5. The van der Waals surface area contributed by atoms with Crippen LogP contribution in [0, 0.1) is 5.92 Å². The molecule has 1 aliphatic carbocycles. The number of hydrogen-bond donors (Lipinski definition) is 1. The molecule has 0 bridgehead atoms. The van der Waals surface area contributed by atoms with Gasteiger partial charge in [-0.2, -0.15) is 4.98 Å². The molecule has 0 radical (unpaired) electrons. The number of rotatable bonds is 3. The molecule has 2 N–H and O–H groups in total. The first-order valence-corrected chi connectivity index (χ1v) is 7.59. The van der Waals surface area contributed by atoms with Gasteiger partial charge in [-0.3, -0.25) is 0 Å². The molecular weight excluding hydrogens is 252 g/mol. The summed E-state index contributed by atoms with van der Waals surface area (Å²) in [5.41, 5.74) is 7.09. The summed E-state index contributed by atoms with van der Waals surface area (Å²) < 4.78 is 29.5. The van der Waals surface area contributed by atoms with Crippen LogP contribution in [0.2, 0.25) is 0 Å². The lowest BCUT2D eigenvalue weighted by Gasteiger charge is -2.23. The molecule has 0 aliphatic heterocycles. The first-order chi connectivity index (χ1) is 8.54. The van der Waals surface area contributed by atoms with Crippen LogP contribution in [-0.2, 0) is 9.84 Å². The lowest BCUT2D eigenvalue weighted by molar-refractivity contribution is 0.343. The Balaban J connectivity index is 1.97. The number of sulfone groups is 1. The zero-order valence-corrected chi connectivity index (χ0v) is 10.6. The Morgan fingerprint density at radius 1 is 1.39 bits per heavy atom. The molecule has 1 aromatic heterocycles. The van der Waals surface area contributed by atoms with Gasteiger partial charge in [0.15, 0.2) is 5.58 Å². The second kappa shape index (κ2) is 3.98. The van der Waals surface area contributed by atoms with Crippen molar-refractivity contribution in [3.63, 3.8) is 0 Å². The molecule has 0 amide bonds. The number of nitrogen functional groups attached to an aromatic ring is 1. The van der Waals surface area contributed by atoms with Gasteiger partial charge >= 0.3 is 5.22 Å². The molecule has 1 saturated carbocycles. The SMILES string of the molecule is Nc1ccc2nc(S(=O)(=O)CC3CCC3)oc2c1. The summed E-state index contributed by atoms with van der Waals surface area (Å²) in [6.45, 7) is 0. The molecule has 0 unspecified atom stereocenters. The van der Waals surface area contributed by atoms with Crippen molar-refractivity contribution < 1.29 is 12.8 Å². The molecule has 0 saturated heterocycles. The quantitative estimate of drug-likeness (QED) is 0.858. The van der Waals surface area contributed by atoms with E-state index in [1.165, 1.54) is 0 Å². The van der Waals surface area contributed by atoms with Crippen LogP contribution in [0.1, 0.15) is 19.3 Å². The Bertz CT molecular complexity index is 686. The van der Waals surface area contributed by atoms with Gasteiger partial charge in [-0.25, -0.2) is 8.42 Å². The summed E-state index contributed by atoms with van der Waals surface area (Å²) in [4.78, 5) is 4.03. The van der Waals surface area contributed by atoms with Crippen molar-refractivity contribution in [2.24, 2.45) is 5.92 Å². The highest BCUT2D eigenvalue weighted by Gasteiger charge is 2.29. The summed E-state index contributed by atoms with van der Waals surface area (Å²) in [6, 6.07) is 4.93. The minimum atomic E-state index is -3.41. The maximum atomic E-state index is 12.1. The standard InChI is InChI=1S/C12H14N2O3S/c13-9-4-5-10-11(6-9)17-12(14-10)18(15,16)7-8-2-1-3-8/h4-6,8H,1-3,7,13H2. The van der Waals surface area contributed by atoms with E-state index in [4.69, 9.17) is 10.2 Å². The fourth-order valence-corrected chi connectivity index (χ4v) is 3.64. The summed E-state index contributed by atoms with van der Waals surface area (Å²) in [5, 5.41) is -0.185. The predicted octanol–water partition coefficient (Wildman–Crippen LogP) is 1.98. The third kappa shape index (κ3) is 1.96. The summed E-state index contributed by atoms with van der Waals surface area (Å²) in [5.74, 6) is 0.394. The number of nitrogens with two attached hydrogens (primary N) is 1. The fraction of sp³-hybridized carbons (Fsp3) is 0.417. The molecule has 6 heteroatoms. The molecule has 0 spiro atoms. The molecule has 3 rings (SSSR count). The summed E-state index contributed by atoms with van der Waals surface area (Å²) in [7, 11) is -3.41. The van der Waals surface area contributed by atoms with Gasteiger partial charge in [0.2, 0.25) is 9.84 Å². The van der Waals surface area contributed by atoms with Crippen molar-refractivity contribution in [1.29, 1.82) is 0 Å². The lowest BCUT2D eigenvalue weighted by atomic mass is 9.87. The zero-order chi connectivity index (χ0) is 12.8. The maximum Gasteiger partial charge on any atom is 0.316 e. The van der Waals surface area contributed by atoms with Crippen LogP contribution in [0.25, 0.3) is 11.1 Å². The topological polar surface area (TPSA) is 86.2 Å². The highest BCUT2D eigenvalue weighted by Crippen LogP contribution is 2.30. The van der Waals surface area contributed by atoms with Crippen LogP contribution in [0.4, 0.5) is 5.69 Å². The molecule has 96 valence electrons. The molecule has 2 aromatic rings. The molecular formula is C12H14N2O3S. The van der Waals surface area contributed by atoms with Crippen molar-refractivity contribution >= 4 is 26.6 Å². The van der Waals surface area contributed by atoms with Crippen LogP contribution < -0.4 is 5.73 Å². The fourth-order valence-electron chi connectivity index (χ4n) is 2.09. The molecule has 0 atom stereocenters. The van der Waals surface area contributed by atoms with Crippen LogP contribution in [0.15, 0.2) is 27.8 Å². The number of nitrogens with zero attached hydrogens (tertiary/aromatic N) is 1. The van der Waals surface area contributed by atoms with Gasteiger partial charge in [0.25, 0.3) is 0 Å². The summed E-state index contributed by atoms with van der Waals surface area (Å²) >= 11 is 0. The largest absolute Gasteiger partial charge is 0.428 e. The summed E-state index contributed by atoms with van der Waals surface area (Å²) in [6.07, 6.45) is 3.07.